The minimum absolute atomic E-state index is 0.0486. The summed E-state index contributed by atoms with van der Waals surface area (Å²) in [5, 5.41) is 9.37. The fourth-order valence-electron chi connectivity index (χ4n) is 4.62. The van der Waals surface area contributed by atoms with Crippen LogP contribution in [0.5, 0.6) is 11.5 Å². The van der Waals surface area contributed by atoms with Gasteiger partial charge in [-0.25, -0.2) is 13.1 Å². The van der Waals surface area contributed by atoms with E-state index >= 15 is 0 Å². The fourth-order valence-corrected chi connectivity index (χ4v) is 5.74. The largest absolute Gasteiger partial charge is 0.454 e. The Morgan fingerprint density at radius 2 is 1.75 bits per heavy atom. The molecule has 1 aliphatic heterocycles. The third-order valence-electron chi connectivity index (χ3n) is 6.92. The molecule has 2 N–H and O–H groups in total. The molecular weight excluding hydrogens is 478 g/mol. The predicted molar refractivity (Wildman–Crippen MR) is 136 cm³/mol. The Labute approximate surface area is 211 Å². The smallest absolute Gasteiger partial charge is 0.240 e. The summed E-state index contributed by atoms with van der Waals surface area (Å²) in [6, 6.07) is 18.4. The zero-order chi connectivity index (χ0) is 25.5. The number of hydrogen-bond donors (Lipinski definition) is 2. The number of rotatable bonds is 9. The van der Waals surface area contributed by atoms with Crippen LogP contribution in [-0.2, 0) is 26.7 Å². The van der Waals surface area contributed by atoms with Gasteiger partial charge in [-0.15, -0.1) is 0 Å². The van der Waals surface area contributed by atoms with Crippen molar-refractivity contribution in [1.82, 2.24) is 4.72 Å². The van der Waals surface area contributed by atoms with E-state index in [0.717, 1.165) is 40.7 Å². The fraction of sp³-hybridized carbons (Fsp3) is 0.321. The molecule has 0 amide bonds. The minimum atomic E-state index is -3.70. The number of benzene rings is 3. The summed E-state index contributed by atoms with van der Waals surface area (Å²) in [6.45, 7) is 3.67. The van der Waals surface area contributed by atoms with E-state index in [1.165, 1.54) is 6.92 Å². The van der Waals surface area contributed by atoms with Crippen LogP contribution in [0.1, 0.15) is 36.5 Å². The maximum Gasteiger partial charge on any atom is 0.240 e. The molecule has 1 atom stereocenters. The van der Waals surface area contributed by atoms with Crippen LogP contribution in [0.2, 0.25) is 0 Å². The van der Waals surface area contributed by atoms with E-state index in [4.69, 9.17) is 9.47 Å². The molecule has 1 heterocycles. The van der Waals surface area contributed by atoms with E-state index in [1.54, 1.807) is 24.3 Å². The number of carbonyl (C=O) groups excluding carboxylic acids is 1. The number of Topliss-reactive ketones (excluding diaryl/α,β-unsaturated/α-hetero) is 1. The summed E-state index contributed by atoms with van der Waals surface area (Å²) in [5.74, 6) is 1.58. The number of hydrogen-bond acceptors (Lipinski definition) is 6. The van der Waals surface area contributed by atoms with E-state index in [0.29, 0.717) is 17.9 Å². The maximum absolute atomic E-state index is 13.4. The summed E-state index contributed by atoms with van der Waals surface area (Å²) in [4.78, 5) is 13.6. The molecule has 0 unspecified atom stereocenters. The normalized spacial score (nSPS) is 16.5. The van der Waals surface area contributed by atoms with E-state index in [1.807, 2.05) is 43.3 Å². The van der Waals surface area contributed by atoms with Crippen LogP contribution in [0.25, 0.3) is 11.1 Å². The van der Waals surface area contributed by atoms with Crippen molar-refractivity contribution < 1.29 is 27.8 Å². The third kappa shape index (κ3) is 4.76. The predicted octanol–water partition coefficient (Wildman–Crippen LogP) is 3.89. The molecule has 0 saturated heterocycles. The van der Waals surface area contributed by atoms with Gasteiger partial charge < -0.3 is 14.6 Å². The van der Waals surface area contributed by atoms with E-state index in [9.17, 15) is 18.3 Å². The Bertz CT molecular complexity index is 1410. The maximum atomic E-state index is 13.4. The quantitative estimate of drug-likeness (QED) is 0.456. The molecule has 0 aromatic heterocycles. The summed E-state index contributed by atoms with van der Waals surface area (Å²) in [5.41, 5.74) is 4.28. The van der Waals surface area contributed by atoms with Crippen molar-refractivity contribution in [3.8, 4) is 22.6 Å². The molecule has 188 valence electrons. The van der Waals surface area contributed by atoms with Crippen LogP contribution in [-0.4, -0.2) is 38.7 Å². The number of aliphatic hydroxyl groups is 1. The van der Waals surface area contributed by atoms with Gasteiger partial charge in [-0.05, 0) is 78.8 Å². The summed E-state index contributed by atoms with van der Waals surface area (Å²) in [7, 11) is -3.70. The lowest BCUT2D eigenvalue weighted by Crippen LogP contribution is -2.30. The highest BCUT2D eigenvalue weighted by atomic mass is 32.2. The van der Waals surface area contributed by atoms with Gasteiger partial charge in [0.25, 0.3) is 0 Å². The highest BCUT2D eigenvalue weighted by Crippen LogP contribution is 2.51. The van der Waals surface area contributed by atoms with Gasteiger partial charge in [-0.1, -0.05) is 36.4 Å². The second kappa shape index (κ2) is 9.35. The molecule has 36 heavy (non-hydrogen) atoms. The molecule has 3 aromatic rings. The monoisotopic (exact) mass is 507 g/mol. The molecule has 7 nitrogen and oxygen atoms in total. The lowest BCUT2D eigenvalue weighted by Gasteiger charge is -2.16. The first kappa shape index (κ1) is 24.5. The standard InChI is InChI=1S/C28H29NO6S/c1-18-3-4-20(13-24(18)21-5-8-23(9-6-21)36(32,33)29-16-19(2)30)14-27(31)28(11-12-28)22-7-10-25-26(15-22)35-17-34-25/h3-10,13,15,19,29-30H,11-12,14,16-17H2,1-2H3/t19-/m1/s1. The number of ketones is 1. The van der Waals surface area contributed by atoms with Gasteiger partial charge in [-0.3, -0.25) is 4.79 Å². The molecule has 3 aromatic carbocycles. The number of carbonyl (C=O) groups is 1. The van der Waals surface area contributed by atoms with Crippen molar-refractivity contribution in [2.24, 2.45) is 0 Å². The van der Waals surface area contributed by atoms with Crippen LogP contribution in [0, 0.1) is 6.92 Å². The molecular formula is C28H29NO6S. The lowest BCUT2D eigenvalue weighted by molar-refractivity contribution is -0.120. The van der Waals surface area contributed by atoms with Crippen molar-refractivity contribution in [3.63, 3.8) is 0 Å². The van der Waals surface area contributed by atoms with Crippen molar-refractivity contribution >= 4 is 15.8 Å². The van der Waals surface area contributed by atoms with Gasteiger partial charge in [0.1, 0.15) is 5.78 Å². The molecule has 2 aliphatic rings. The van der Waals surface area contributed by atoms with Crippen LogP contribution >= 0.6 is 0 Å². The van der Waals surface area contributed by atoms with Crippen LogP contribution in [0.3, 0.4) is 0 Å². The Hall–Kier alpha value is -3.20. The zero-order valence-corrected chi connectivity index (χ0v) is 21.1. The van der Waals surface area contributed by atoms with E-state index in [2.05, 4.69) is 4.72 Å². The van der Waals surface area contributed by atoms with Crippen LogP contribution in [0.4, 0.5) is 0 Å². The molecule has 0 spiro atoms. The highest BCUT2D eigenvalue weighted by Gasteiger charge is 2.50. The first-order valence-electron chi connectivity index (χ1n) is 12.0. The minimum Gasteiger partial charge on any atom is -0.454 e. The molecule has 1 saturated carbocycles. The summed E-state index contributed by atoms with van der Waals surface area (Å²) >= 11 is 0. The average Bonchev–Trinajstić information content (AvgIpc) is 3.55. The van der Waals surface area contributed by atoms with Crippen molar-refractivity contribution in [2.75, 3.05) is 13.3 Å². The molecule has 0 bridgehead atoms. The Morgan fingerprint density at radius 3 is 2.44 bits per heavy atom. The first-order chi connectivity index (χ1) is 17.2. The number of fused-ring (bicyclic) bond motifs is 1. The Balaban J connectivity index is 1.34. The Kier molecular flexibility index (Phi) is 6.36. The Morgan fingerprint density at radius 1 is 1.03 bits per heavy atom. The summed E-state index contributed by atoms with van der Waals surface area (Å²) in [6.07, 6.45) is 1.19. The van der Waals surface area contributed by atoms with E-state index in [-0.39, 0.29) is 24.0 Å². The summed E-state index contributed by atoms with van der Waals surface area (Å²) < 4.78 is 38.2. The van der Waals surface area contributed by atoms with Gasteiger partial charge >= 0.3 is 0 Å². The molecule has 8 heteroatoms. The van der Waals surface area contributed by atoms with Crippen LogP contribution in [0.15, 0.2) is 65.6 Å². The second-order valence-corrected chi connectivity index (χ2v) is 11.4. The van der Waals surface area contributed by atoms with Gasteiger partial charge in [0.2, 0.25) is 16.8 Å². The molecule has 1 aliphatic carbocycles. The van der Waals surface area contributed by atoms with Gasteiger partial charge in [0.15, 0.2) is 11.5 Å². The second-order valence-electron chi connectivity index (χ2n) is 9.62. The number of ether oxygens (including phenoxy) is 2. The lowest BCUT2D eigenvalue weighted by atomic mass is 9.87. The van der Waals surface area contributed by atoms with Gasteiger partial charge in [0, 0.05) is 13.0 Å². The number of aliphatic hydroxyl groups excluding tert-OH is 1. The average molecular weight is 508 g/mol. The molecule has 5 rings (SSSR count). The first-order valence-corrected chi connectivity index (χ1v) is 13.5. The third-order valence-corrected chi connectivity index (χ3v) is 8.36. The van der Waals surface area contributed by atoms with Crippen molar-refractivity contribution in [1.29, 1.82) is 0 Å². The topological polar surface area (TPSA) is 102 Å². The van der Waals surface area contributed by atoms with Gasteiger partial charge in [-0.2, -0.15) is 0 Å². The van der Waals surface area contributed by atoms with E-state index < -0.39 is 21.5 Å². The van der Waals surface area contributed by atoms with Crippen LogP contribution < -0.4 is 14.2 Å². The number of nitrogens with one attached hydrogen (secondary N) is 1. The zero-order valence-electron chi connectivity index (χ0n) is 20.3. The highest BCUT2D eigenvalue weighted by molar-refractivity contribution is 7.89. The molecule has 0 radical (unpaired) electrons. The van der Waals surface area contributed by atoms with Crippen molar-refractivity contribution in [2.45, 2.75) is 49.5 Å². The SMILES string of the molecule is Cc1ccc(CC(=O)C2(c3ccc4c(c3)OCO4)CC2)cc1-c1ccc(S(=O)(=O)NC[C@@H](C)O)cc1. The number of sulfonamides is 1. The van der Waals surface area contributed by atoms with Gasteiger partial charge in [0.05, 0.1) is 16.4 Å². The molecule has 1 fully saturated rings. The van der Waals surface area contributed by atoms with Crippen molar-refractivity contribution in [3.05, 3.63) is 77.4 Å². The number of aryl methyl sites for hydroxylation is 1.